The Morgan fingerprint density at radius 1 is 1.19 bits per heavy atom. The van der Waals surface area contributed by atoms with Crippen molar-refractivity contribution in [2.24, 2.45) is 17.1 Å². The summed E-state index contributed by atoms with van der Waals surface area (Å²) in [5.74, 6) is 0.837. The van der Waals surface area contributed by atoms with Gasteiger partial charge < -0.3 is 10.5 Å². The highest BCUT2D eigenvalue weighted by molar-refractivity contribution is 4.86. The van der Waals surface area contributed by atoms with Crippen molar-refractivity contribution in [1.29, 1.82) is 0 Å². The van der Waals surface area contributed by atoms with Crippen molar-refractivity contribution >= 4 is 0 Å². The molecule has 1 saturated carbocycles. The summed E-state index contributed by atoms with van der Waals surface area (Å²) in [6.45, 7) is 6.63. The van der Waals surface area contributed by atoms with Gasteiger partial charge in [-0.1, -0.05) is 52.9 Å². The van der Waals surface area contributed by atoms with E-state index in [0.29, 0.717) is 0 Å². The van der Waals surface area contributed by atoms with Gasteiger partial charge in [-0.2, -0.15) is 0 Å². The topological polar surface area (TPSA) is 35.2 Å². The second-order valence-electron chi connectivity index (χ2n) is 6.43. The Bertz CT molecular complexity index is 191. The van der Waals surface area contributed by atoms with Crippen LogP contribution in [0, 0.1) is 11.3 Å². The Balaban J connectivity index is 2.45. The monoisotopic (exact) mass is 227 g/mol. The molecule has 0 aliphatic heterocycles. The summed E-state index contributed by atoms with van der Waals surface area (Å²) < 4.78 is 5.59. The minimum atomic E-state index is 0.142. The fourth-order valence-electron chi connectivity index (χ4n) is 3.10. The van der Waals surface area contributed by atoms with Crippen molar-refractivity contribution < 1.29 is 4.74 Å². The zero-order valence-electron chi connectivity index (χ0n) is 11.5. The van der Waals surface area contributed by atoms with Gasteiger partial charge >= 0.3 is 0 Å². The maximum atomic E-state index is 6.32. The van der Waals surface area contributed by atoms with E-state index in [0.717, 1.165) is 12.3 Å². The molecule has 0 amide bonds. The number of rotatable bonds is 4. The van der Waals surface area contributed by atoms with Crippen LogP contribution in [0.3, 0.4) is 0 Å². The van der Waals surface area contributed by atoms with Gasteiger partial charge in [0.15, 0.2) is 0 Å². The average Bonchev–Trinajstić information content (AvgIpc) is 2.17. The number of hydrogen-bond acceptors (Lipinski definition) is 2. The zero-order valence-corrected chi connectivity index (χ0v) is 11.5. The van der Waals surface area contributed by atoms with Crippen LogP contribution in [-0.2, 0) is 4.74 Å². The predicted molar refractivity (Wildman–Crippen MR) is 69.4 cm³/mol. The molecule has 1 fully saturated rings. The quantitative estimate of drug-likeness (QED) is 0.799. The highest BCUT2D eigenvalue weighted by Gasteiger charge is 2.31. The van der Waals surface area contributed by atoms with Crippen LogP contribution in [0.15, 0.2) is 0 Å². The Morgan fingerprint density at radius 3 is 2.19 bits per heavy atom. The van der Waals surface area contributed by atoms with E-state index >= 15 is 0 Å². The Kier molecular flexibility index (Phi) is 5.26. The van der Waals surface area contributed by atoms with Crippen LogP contribution in [0.25, 0.3) is 0 Å². The fraction of sp³-hybridized carbons (Fsp3) is 1.00. The van der Waals surface area contributed by atoms with E-state index in [1.54, 1.807) is 7.11 Å². The number of ether oxygens (including phenoxy) is 1. The molecule has 0 aromatic heterocycles. The minimum Gasteiger partial charge on any atom is -0.379 e. The molecule has 2 N–H and O–H groups in total. The van der Waals surface area contributed by atoms with E-state index in [-0.39, 0.29) is 17.6 Å². The molecule has 0 radical (unpaired) electrons. The largest absolute Gasteiger partial charge is 0.379 e. The van der Waals surface area contributed by atoms with Crippen LogP contribution < -0.4 is 5.73 Å². The number of methoxy groups -OCH3 is 1. The summed E-state index contributed by atoms with van der Waals surface area (Å²) in [6.07, 6.45) is 8.25. The Morgan fingerprint density at radius 2 is 1.75 bits per heavy atom. The number of nitrogens with two attached hydrogens (primary N) is 1. The van der Waals surface area contributed by atoms with Crippen LogP contribution in [-0.4, -0.2) is 19.3 Å². The van der Waals surface area contributed by atoms with Crippen molar-refractivity contribution in [2.45, 2.75) is 71.4 Å². The molecule has 2 nitrogen and oxygen atoms in total. The van der Waals surface area contributed by atoms with Crippen molar-refractivity contribution in [2.75, 3.05) is 7.11 Å². The summed E-state index contributed by atoms with van der Waals surface area (Å²) in [4.78, 5) is 0. The molecule has 1 aliphatic rings. The fourth-order valence-corrected chi connectivity index (χ4v) is 3.10. The maximum Gasteiger partial charge on any atom is 0.0770 e. The van der Waals surface area contributed by atoms with Crippen LogP contribution in [0.4, 0.5) is 0 Å². The van der Waals surface area contributed by atoms with Crippen molar-refractivity contribution in [3.63, 3.8) is 0 Å². The molecule has 1 aliphatic carbocycles. The maximum absolute atomic E-state index is 6.32. The molecule has 96 valence electrons. The first-order chi connectivity index (χ1) is 7.45. The lowest BCUT2D eigenvalue weighted by Gasteiger charge is -2.36. The van der Waals surface area contributed by atoms with Crippen molar-refractivity contribution in [3.8, 4) is 0 Å². The van der Waals surface area contributed by atoms with E-state index in [4.69, 9.17) is 10.5 Å². The van der Waals surface area contributed by atoms with Crippen LogP contribution in [0.5, 0.6) is 0 Å². The third kappa shape index (κ3) is 4.06. The highest BCUT2D eigenvalue weighted by atomic mass is 16.5. The second-order valence-corrected chi connectivity index (χ2v) is 6.43. The highest BCUT2D eigenvalue weighted by Crippen LogP contribution is 2.31. The van der Waals surface area contributed by atoms with Gasteiger partial charge in [-0.25, -0.2) is 0 Å². The van der Waals surface area contributed by atoms with Crippen LogP contribution >= 0.6 is 0 Å². The van der Waals surface area contributed by atoms with Gasteiger partial charge in [-0.3, -0.25) is 0 Å². The third-order valence-corrected chi connectivity index (χ3v) is 3.83. The molecule has 0 heterocycles. The molecule has 1 rings (SSSR count). The van der Waals surface area contributed by atoms with Crippen LogP contribution in [0.2, 0.25) is 0 Å². The minimum absolute atomic E-state index is 0.142. The summed E-state index contributed by atoms with van der Waals surface area (Å²) in [6, 6.07) is 0.188. The molecule has 0 aromatic rings. The normalized spacial score (nSPS) is 23.1. The van der Waals surface area contributed by atoms with E-state index in [9.17, 15) is 0 Å². The second kappa shape index (κ2) is 6.02. The predicted octanol–water partition coefficient (Wildman–Crippen LogP) is 3.35. The Labute approximate surface area is 101 Å². The van der Waals surface area contributed by atoms with Gasteiger partial charge in [-0.15, -0.1) is 0 Å². The van der Waals surface area contributed by atoms with Gasteiger partial charge in [0.1, 0.15) is 0 Å². The van der Waals surface area contributed by atoms with Gasteiger partial charge in [0.05, 0.1) is 6.10 Å². The van der Waals surface area contributed by atoms with Gasteiger partial charge in [0.25, 0.3) is 0 Å². The molecule has 2 atom stereocenters. The summed E-state index contributed by atoms with van der Waals surface area (Å²) in [5.41, 5.74) is 6.46. The third-order valence-electron chi connectivity index (χ3n) is 3.83. The smallest absolute Gasteiger partial charge is 0.0770 e. The average molecular weight is 227 g/mol. The first-order valence-electron chi connectivity index (χ1n) is 6.73. The van der Waals surface area contributed by atoms with E-state index in [2.05, 4.69) is 20.8 Å². The summed E-state index contributed by atoms with van der Waals surface area (Å²) in [5, 5.41) is 0. The summed E-state index contributed by atoms with van der Waals surface area (Å²) >= 11 is 0. The lowest BCUT2D eigenvalue weighted by atomic mass is 9.78. The first-order valence-corrected chi connectivity index (χ1v) is 6.73. The standard InChI is InChI=1S/C14H29NO/c1-14(2,3)13(16-4)12(15)10-11-8-6-5-7-9-11/h11-13H,5-10,15H2,1-4H3. The van der Waals surface area contributed by atoms with Crippen molar-refractivity contribution in [1.82, 2.24) is 0 Å². The SMILES string of the molecule is COC(C(N)CC1CCCCC1)C(C)(C)C. The van der Waals surface area contributed by atoms with Gasteiger partial charge in [0, 0.05) is 13.2 Å². The number of hydrogen-bond donors (Lipinski definition) is 1. The molecule has 16 heavy (non-hydrogen) atoms. The van der Waals surface area contributed by atoms with Gasteiger partial charge in [-0.05, 0) is 17.8 Å². The van der Waals surface area contributed by atoms with E-state index < -0.39 is 0 Å². The summed E-state index contributed by atoms with van der Waals surface area (Å²) in [7, 11) is 1.79. The Hall–Kier alpha value is -0.0800. The molecular weight excluding hydrogens is 198 g/mol. The van der Waals surface area contributed by atoms with Crippen molar-refractivity contribution in [3.05, 3.63) is 0 Å². The van der Waals surface area contributed by atoms with Gasteiger partial charge in [0.2, 0.25) is 0 Å². The molecule has 0 spiro atoms. The van der Waals surface area contributed by atoms with Crippen LogP contribution in [0.1, 0.15) is 59.3 Å². The zero-order chi connectivity index (χ0) is 12.2. The molecule has 0 saturated heterocycles. The molecular formula is C14H29NO. The molecule has 2 unspecified atom stereocenters. The first kappa shape index (κ1) is 14.0. The molecule has 2 heteroatoms. The lowest BCUT2D eigenvalue weighted by Crippen LogP contribution is -2.45. The molecule has 0 aromatic carbocycles. The molecule has 0 bridgehead atoms. The lowest BCUT2D eigenvalue weighted by molar-refractivity contribution is -0.00820. The van der Waals surface area contributed by atoms with E-state index in [1.807, 2.05) is 0 Å². The van der Waals surface area contributed by atoms with E-state index in [1.165, 1.54) is 32.1 Å².